The van der Waals surface area contributed by atoms with Gasteiger partial charge in [0.1, 0.15) is 5.82 Å². The van der Waals surface area contributed by atoms with Crippen LogP contribution in [0.3, 0.4) is 0 Å². The summed E-state index contributed by atoms with van der Waals surface area (Å²) in [5.74, 6) is -0.270. The topological polar surface area (TPSA) is 17.8 Å². The van der Waals surface area contributed by atoms with Crippen LogP contribution in [0.25, 0.3) is 10.9 Å². The van der Waals surface area contributed by atoms with Crippen molar-refractivity contribution in [2.75, 3.05) is 0 Å². The fraction of sp³-hybridized carbons (Fsp3) is 0.250. The molecule has 0 radical (unpaired) electrons. The van der Waals surface area contributed by atoms with E-state index in [9.17, 15) is 4.39 Å². The van der Waals surface area contributed by atoms with Crippen molar-refractivity contribution in [1.82, 2.24) is 9.78 Å². The molecule has 0 aliphatic carbocycles. The van der Waals surface area contributed by atoms with Gasteiger partial charge in [-0.25, -0.2) is 4.39 Å². The standard InChI is InChI=1S/C8H6BrFN2.C2H6.C2H2/c1-12-4-6-7(9)2-5(10)3-8(6)11-12;2*1-2/h2-4H,1H3;1-2H3;1-2H. The molecule has 1 aromatic carbocycles. The largest absolute Gasteiger partial charge is 0.275 e. The first kappa shape index (κ1) is 14.7. The Morgan fingerprint density at radius 3 is 2.44 bits per heavy atom. The number of benzene rings is 1. The molecule has 0 unspecified atom stereocenters. The van der Waals surface area contributed by atoms with Gasteiger partial charge in [0.05, 0.1) is 5.52 Å². The third-order valence-electron chi connectivity index (χ3n) is 1.65. The summed E-state index contributed by atoms with van der Waals surface area (Å²) in [6, 6.07) is 2.85. The number of nitrogens with zero attached hydrogens (tertiary/aromatic N) is 2. The minimum absolute atomic E-state index is 0.270. The molecule has 4 heteroatoms. The van der Waals surface area contributed by atoms with Crippen LogP contribution in [0.15, 0.2) is 22.8 Å². The molecular formula is C12H14BrFN2. The molecule has 1 heterocycles. The number of aromatic nitrogens is 2. The van der Waals surface area contributed by atoms with E-state index in [2.05, 4.69) is 33.9 Å². The van der Waals surface area contributed by atoms with Crippen LogP contribution in [-0.4, -0.2) is 9.78 Å². The van der Waals surface area contributed by atoms with Gasteiger partial charge >= 0.3 is 0 Å². The van der Waals surface area contributed by atoms with E-state index < -0.39 is 0 Å². The summed E-state index contributed by atoms with van der Waals surface area (Å²) in [6.45, 7) is 4.00. The SMILES string of the molecule is C#C.CC.Cn1cc2c(Br)cc(F)cc2n1. The number of hydrogen-bond donors (Lipinski definition) is 0. The van der Waals surface area contributed by atoms with E-state index in [1.54, 1.807) is 4.68 Å². The van der Waals surface area contributed by atoms with E-state index in [4.69, 9.17) is 0 Å². The number of rotatable bonds is 0. The summed E-state index contributed by atoms with van der Waals surface area (Å²) in [5, 5.41) is 5.01. The average molecular weight is 285 g/mol. The summed E-state index contributed by atoms with van der Waals surface area (Å²) < 4.78 is 15.2. The van der Waals surface area contributed by atoms with Crippen molar-refractivity contribution in [2.24, 2.45) is 7.05 Å². The van der Waals surface area contributed by atoms with E-state index in [-0.39, 0.29) is 5.82 Å². The zero-order valence-electron chi connectivity index (χ0n) is 9.54. The van der Waals surface area contributed by atoms with Crippen LogP contribution in [0.1, 0.15) is 13.8 Å². The maximum absolute atomic E-state index is 12.8. The second-order valence-corrected chi connectivity index (χ2v) is 3.48. The molecule has 2 rings (SSSR count). The lowest BCUT2D eigenvalue weighted by molar-refractivity contribution is 0.628. The highest BCUT2D eigenvalue weighted by Gasteiger charge is 2.04. The Labute approximate surface area is 104 Å². The minimum Gasteiger partial charge on any atom is -0.275 e. The lowest BCUT2D eigenvalue weighted by atomic mass is 10.2. The van der Waals surface area contributed by atoms with Crippen molar-refractivity contribution in [1.29, 1.82) is 0 Å². The van der Waals surface area contributed by atoms with Crippen LogP contribution in [0.5, 0.6) is 0 Å². The molecule has 0 saturated heterocycles. The molecule has 0 amide bonds. The molecule has 0 bridgehead atoms. The van der Waals surface area contributed by atoms with Crippen LogP contribution in [-0.2, 0) is 7.05 Å². The Morgan fingerprint density at radius 2 is 1.88 bits per heavy atom. The monoisotopic (exact) mass is 284 g/mol. The van der Waals surface area contributed by atoms with Crippen LogP contribution in [0.4, 0.5) is 4.39 Å². The van der Waals surface area contributed by atoms with E-state index in [0.717, 1.165) is 9.86 Å². The molecule has 2 aromatic rings. The number of aryl methyl sites for hydroxylation is 1. The van der Waals surface area contributed by atoms with E-state index in [1.165, 1.54) is 12.1 Å². The van der Waals surface area contributed by atoms with Crippen molar-refractivity contribution in [3.05, 3.63) is 28.6 Å². The summed E-state index contributed by atoms with van der Waals surface area (Å²) in [5.41, 5.74) is 0.671. The maximum atomic E-state index is 12.8. The van der Waals surface area contributed by atoms with Gasteiger partial charge in [-0.05, 0) is 22.0 Å². The molecule has 2 nitrogen and oxygen atoms in total. The first-order chi connectivity index (χ1) is 7.66. The number of fused-ring (bicyclic) bond motifs is 1. The van der Waals surface area contributed by atoms with Crippen molar-refractivity contribution >= 4 is 26.8 Å². The Kier molecular flexibility index (Phi) is 6.43. The molecular weight excluding hydrogens is 271 g/mol. The second kappa shape index (κ2) is 7.02. The molecule has 0 atom stereocenters. The number of halogens is 2. The van der Waals surface area contributed by atoms with Crippen LogP contribution in [0, 0.1) is 18.7 Å². The molecule has 0 N–H and O–H groups in total. The molecule has 86 valence electrons. The predicted octanol–water partition coefficient (Wildman–Crippen LogP) is 3.75. The van der Waals surface area contributed by atoms with Gasteiger partial charge in [0.15, 0.2) is 0 Å². The Morgan fingerprint density at radius 1 is 1.31 bits per heavy atom. The molecule has 0 fully saturated rings. The molecule has 16 heavy (non-hydrogen) atoms. The Hall–Kier alpha value is -1.34. The number of terminal acetylenes is 1. The second-order valence-electron chi connectivity index (χ2n) is 2.62. The Bertz CT molecular complexity index is 474. The summed E-state index contributed by atoms with van der Waals surface area (Å²) >= 11 is 3.27. The lowest BCUT2D eigenvalue weighted by Crippen LogP contribution is -1.84. The minimum atomic E-state index is -0.270. The zero-order chi connectivity index (χ0) is 12.7. The van der Waals surface area contributed by atoms with Crippen molar-refractivity contribution in [2.45, 2.75) is 13.8 Å². The molecule has 0 aliphatic rings. The van der Waals surface area contributed by atoms with Gasteiger partial charge in [-0.3, -0.25) is 4.68 Å². The van der Waals surface area contributed by atoms with E-state index in [1.807, 2.05) is 27.1 Å². The van der Waals surface area contributed by atoms with Gasteiger partial charge in [0.25, 0.3) is 0 Å². The van der Waals surface area contributed by atoms with Crippen molar-refractivity contribution in [3.8, 4) is 12.8 Å². The van der Waals surface area contributed by atoms with Crippen LogP contribution < -0.4 is 0 Å². The van der Waals surface area contributed by atoms with Gasteiger partial charge in [0.2, 0.25) is 0 Å². The van der Waals surface area contributed by atoms with Crippen molar-refractivity contribution in [3.63, 3.8) is 0 Å². The quantitative estimate of drug-likeness (QED) is 0.674. The summed E-state index contributed by atoms with van der Waals surface area (Å²) in [6.07, 6.45) is 9.85. The smallest absolute Gasteiger partial charge is 0.126 e. The fourth-order valence-corrected chi connectivity index (χ4v) is 1.69. The van der Waals surface area contributed by atoms with Gasteiger partial charge in [-0.1, -0.05) is 13.8 Å². The van der Waals surface area contributed by atoms with Gasteiger partial charge < -0.3 is 0 Å². The zero-order valence-corrected chi connectivity index (χ0v) is 11.1. The summed E-state index contributed by atoms with van der Waals surface area (Å²) in [4.78, 5) is 0. The third-order valence-corrected chi connectivity index (χ3v) is 2.31. The molecule has 0 spiro atoms. The van der Waals surface area contributed by atoms with Crippen LogP contribution >= 0.6 is 15.9 Å². The fourth-order valence-electron chi connectivity index (χ4n) is 1.17. The van der Waals surface area contributed by atoms with Gasteiger partial charge in [-0.15, -0.1) is 12.8 Å². The highest BCUT2D eigenvalue weighted by Crippen LogP contribution is 2.23. The van der Waals surface area contributed by atoms with Gasteiger partial charge in [0, 0.05) is 29.2 Å². The molecule has 0 saturated carbocycles. The van der Waals surface area contributed by atoms with E-state index in [0.29, 0.717) is 5.52 Å². The van der Waals surface area contributed by atoms with Crippen LogP contribution in [0.2, 0.25) is 0 Å². The molecule has 0 aliphatic heterocycles. The average Bonchev–Trinajstić information content (AvgIpc) is 2.65. The highest BCUT2D eigenvalue weighted by atomic mass is 79.9. The first-order valence-electron chi connectivity index (χ1n) is 4.78. The molecule has 1 aromatic heterocycles. The predicted molar refractivity (Wildman–Crippen MR) is 69.6 cm³/mol. The summed E-state index contributed by atoms with van der Waals surface area (Å²) in [7, 11) is 1.81. The lowest BCUT2D eigenvalue weighted by Gasteiger charge is -1.91. The maximum Gasteiger partial charge on any atom is 0.126 e. The van der Waals surface area contributed by atoms with Gasteiger partial charge in [-0.2, -0.15) is 5.10 Å². The number of hydrogen-bond acceptors (Lipinski definition) is 1. The van der Waals surface area contributed by atoms with E-state index >= 15 is 0 Å². The van der Waals surface area contributed by atoms with Crippen molar-refractivity contribution < 1.29 is 4.39 Å². The highest BCUT2D eigenvalue weighted by molar-refractivity contribution is 9.10. The Balaban J connectivity index is 0.000000509. The third kappa shape index (κ3) is 3.35. The first-order valence-corrected chi connectivity index (χ1v) is 5.58. The normalized spacial score (nSPS) is 8.69.